The van der Waals surface area contributed by atoms with Crippen LogP contribution < -0.4 is 11.0 Å². The van der Waals surface area contributed by atoms with Gasteiger partial charge in [0, 0.05) is 12.4 Å². The Labute approximate surface area is 129 Å². The van der Waals surface area contributed by atoms with Crippen molar-refractivity contribution in [2.24, 2.45) is 0 Å². The molecule has 1 saturated carbocycles. The Hall–Kier alpha value is -1.89. The second-order valence-electron chi connectivity index (χ2n) is 6.60. The van der Waals surface area contributed by atoms with Crippen LogP contribution in [0.4, 0.5) is 4.79 Å². The van der Waals surface area contributed by atoms with Gasteiger partial charge in [-0.25, -0.2) is 14.6 Å². The summed E-state index contributed by atoms with van der Waals surface area (Å²) in [5, 5.41) is 12.7. The van der Waals surface area contributed by atoms with Gasteiger partial charge in [0.05, 0.1) is 18.2 Å². The standard InChI is InChI=1S/C15H23N3O4/c1-15(2,3)22-14(21)17-11-6-5-10(19)9-12(11)18-8-4-7-16-13(18)20/h4,7-8,10-12,19H,5-6,9H2,1-3H3,(H,17,21). The van der Waals surface area contributed by atoms with Gasteiger partial charge in [0.15, 0.2) is 0 Å². The third-order valence-corrected chi connectivity index (χ3v) is 3.59. The van der Waals surface area contributed by atoms with Crippen molar-refractivity contribution in [1.82, 2.24) is 14.9 Å². The van der Waals surface area contributed by atoms with Crippen molar-refractivity contribution in [2.75, 3.05) is 0 Å². The summed E-state index contributed by atoms with van der Waals surface area (Å²) in [5.41, 5.74) is -0.976. The number of aliphatic hydroxyl groups excluding tert-OH is 1. The van der Waals surface area contributed by atoms with Crippen molar-refractivity contribution in [3.8, 4) is 0 Å². The zero-order chi connectivity index (χ0) is 16.3. The first-order valence-corrected chi connectivity index (χ1v) is 7.47. The van der Waals surface area contributed by atoms with E-state index in [-0.39, 0.29) is 12.1 Å². The Kier molecular flexibility index (Phi) is 4.85. The van der Waals surface area contributed by atoms with E-state index in [9.17, 15) is 14.7 Å². The largest absolute Gasteiger partial charge is 0.444 e. The van der Waals surface area contributed by atoms with E-state index in [1.165, 1.54) is 10.8 Å². The number of nitrogens with one attached hydrogen (secondary N) is 1. The molecule has 1 fully saturated rings. The molecular weight excluding hydrogens is 286 g/mol. The molecule has 0 radical (unpaired) electrons. The van der Waals surface area contributed by atoms with Gasteiger partial charge in [-0.2, -0.15) is 0 Å². The van der Waals surface area contributed by atoms with Gasteiger partial charge in [-0.15, -0.1) is 0 Å². The molecule has 1 heterocycles. The maximum atomic E-state index is 12.0. The van der Waals surface area contributed by atoms with Crippen LogP contribution in [-0.4, -0.2) is 38.5 Å². The molecule has 2 rings (SSSR count). The summed E-state index contributed by atoms with van der Waals surface area (Å²) >= 11 is 0. The highest BCUT2D eigenvalue weighted by Crippen LogP contribution is 2.28. The van der Waals surface area contributed by atoms with Crippen LogP contribution in [0.2, 0.25) is 0 Å². The van der Waals surface area contributed by atoms with Crippen LogP contribution in [0, 0.1) is 0 Å². The lowest BCUT2D eigenvalue weighted by Gasteiger charge is -2.35. The van der Waals surface area contributed by atoms with Gasteiger partial charge in [-0.05, 0) is 46.1 Å². The Bertz CT molecular complexity index is 579. The number of nitrogens with zero attached hydrogens (tertiary/aromatic N) is 2. The zero-order valence-electron chi connectivity index (χ0n) is 13.2. The maximum Gasteiger partial charge on any atom is 0.407 e. The topological polar surface area (TPSA) is 93.4 Å². The summed E-state index contributed by atoms with van der Waals surface area (Å²) in [7, 11) is 0. The Balaban J connectivity index is 2.16. The van der Waals surface area contributed by atoms with Gasteiger partial charge >= 0.3 is 11.8 Å². The lowest BCUT2D eigenvalue weighted by Crippen LogP contribution is -2.49. The van der Waals surface area contributed by atoms with Gasteiger partial charge < -0.3 is 15.2 Å². The Morgan fingerprint density at radius 2 is 2.18 bits per heavy atom. The summed E-state index contributed by atoms with van der Waals surface area (Å²) in [6.07, 6.45) is 3.59. The van der Waals surface area contributed by atoms with E-state index < -0.39 is 23.5 Å². The van der Waals surface area contributed by atoms with Crippen molar-refractivity contribution in [3.05, 3.63) is 28.9 Å². The minimum atomic E-state index is -0.584. The van der Waals surface area contributed by atoms with E-state index in [0.717, 1.165) is 0 Å². The molecule has 7 heteroatoms. The molecule has 0 saturated heterocycles. The fourth-order valence-electron chi connectivity index (χ4n) is 2.68. The van der Waals surface area contributed by atoms with Gasteiger partial charge in [0.2, 0.25) is 0 Å². The first-order chi connectivity index (χ1) is 10.3. The van der Waals surface area contributed by atoms with E-state index in [0.29, 0.717) is 19.3 Å². The molecule has 3 unspecified atom stereocenters. The van der Waals surface area contributed by atoms with E-state index in [1.54, 1.807) is 33.0 Å². The highest BCUT2D eigenvalue weighted by atomic mass is 16.6. The number of ether oxygens (including phenoxy) is 1. The van der Waals surface area contributed by atoms with Crippen LogP contribution in [0.25, 0.3) is 0 Å². The molecule has 0 aliphatic heterocycles. The molecule has 1 aliphatic rings. The second kappa shape index (κ2) is 6.48. The lowest BCUT2D eigenvalue weighted by atomic mass is 9.88. The van der Waals surface area contributed by atoms with Crippen molar-refractivity contribution >= 4 is 6.09 Å². The third kappa shape index (κ3) is 4.30. The number of aromatic nitrogens is 2. The SMILES string of the molecule is CC(C)(C)OC(=O)NC1CCC(O)CC1n1cccnc1=O. The highest BCUT2D eigenvalue weighted by Gasteiger charge is 2.33. The highest BCUT2D eigenvalue weighted by molar-refractivity contribution is 5.68. The molecule has 1 aromatic heterocycles. The van der Waals surface area contributed by atoms with Crippen molar-refractivity contribution < 1.29 is 14.6 Å². The molecular formula is C15H23N3O4. The number of carbonyl (C=O) groups excluding carboxylic acids is 1. The molecule has 0 spiro atoms. The maximum absolute atomic E-state index is 12.0. The average molecular weight is 309 g/mol. The molecule has 0 bridgehead atoms. The van der Waals surface area contributed by atoms with Crippen molar-refractivity contribution in [3.63, 3.8) is 0 Å². The van der Waals surface area contributed by atoms with Crippen molar-refractivity contribution in [1.29, 1.82) is 0 Å². The monoisotopic (exact) mass is 309 g/mol. The fraction of sp³-hybridized carbons (Fsp3) is 0.667. The Morgan fingerprint density at radius 1 is 1.45 bits per heavy atom. The molecule has 2 N–H and O–H groups in total. The van der Waals surface area contributed by atoms with E-state index in [4.69, 9.17) is 4.74 Å². The van der Waals surface area contributed by atoms with Crippen LogP contribution in [0.3, 0.4) is 0 Å². The summed E-state index contributed by atoms with van der Waals surface area (Å²) in [4.78, 5) is 27.6. The molecule has 3 atom stereocenters. The molecule has 1 aromatic rings. The number of amides is 1. The summed E-state index contributed by atoms with van der Waals surface area (Å²) in [6.45, 7) is 5.38. The number of rotatable bonds is 2. The minimum Gasteiger partial charge on any atom is -0.444 e. The quantitative estimate of drug-likeness (QED) is 0.857. The molecule has 122 valence electrons. The number of aliphatic hydroxyl groups is 1. The summed E-state index contributed by atoms with van der Waals surface area (Å²) < 4.78 is 6.73. The van der Waals surface area contributed by atoms with Gasteiger partial charge in [0.25, 0.3) is 0 Å². The number of hydrogen-bond donors (Lipinski definition) is 2. The second-order valence-corrected chi connectivity index (χ2v) is 6.60. The van der Waals surface area contributed by atoms with Crippen LogP contribution in [0.1, 0.15) is 46.1 Å². The number of carbonyl (C=O) groups is 1. The fourth-order valence-corrected chi connectivity index (χ4v) is 2.68. The zero-order valence-corrected chi connectivity index (χ0v) is 13.2. The van der Waals surface area contributed by atoms with E-state index in [2.05, 4.69) is 10.3 Å². The van der Waals surface area contributed by atoms with Crippen LogP contribution in [0.5, 0.6) is 0 Å². The lowest BCUT2D eigenvalue weighted by molar-refractivity contribution is 0.0393. The molecule has 22 heavy (non-hydrogen) atoms. The predicted molar refractivity (Wildman–Crippen MR) is 80.5 cm³/mol. The van der Waals surface area contributed by atoms with Crippen LogP contribution in [-0.2, 0) is 4.74 Å². The number of hydrogen-bond acceptors (Lipinski definition) is 5. The summed E-state index contributed by atoms with van der Waals surface area (Å²) in [5.74, 6) is 0. The van der Waals surface area contributed by atoms with Gasteiger partial charge in [-0.3, -0.25) is 4.57 Å². The average Bonchev–Trinajstić information content (AvgIpc) is 2.39. The van der Waals surface area contributed by atoms with Gasteiger partial charge in [-0.1, -0.05) is 0 Å². The molecule has 0 aromatic carbocycles. The molecule has 7 nitrogen and oxygen atoms in total. The number of alkyl carbamates (subject to hydrolysis) is 1. The first kappa shape index (κ1) is 16.5. The van der Waals surface area contributed by atoms with E-state index >= 15 is 0 Å². The van der Waals surface area contributed by atoms with Crippen molar-refractivity contribution in [2.45, 2.75) is 63.8 Å². The normalized spacial score (nSPS) is 25.5. The molecule has 1 amide bonds. The van der Waals surface area contributed by atoms with Gasteiger partial charge in [0.1, 0.15) is 5.60 Å². The first-order valence-electron chi connectivity index (χ1n) is 7.47. The molecule has 1 aliphatic carbocycles. The predicted octanol–water partition coefficient (Wildman–Crippen LogP) is 1.22. The minimum absolute atomic E-state index is 0.278. The Morgan fingerprint density at radius 3 is 2.82 bits per heavy atom. The van der Waals surface area contributed by atoms with Crippen LogP contribution >= 0.6 is 0 Å². The smallest absolute Gasteiger partial charge is 0.407 e. The van der Waals surface area contributed by atoms with Crippen LogP contribution in [0.15, 0.2) is 23.3 Å². The van der Waals surface area contributed by atoms with E-state index in [1.807, 2.05) is 0 Å². The summed E-state index contributed by atoms with van der Waals surface area (Å²) in [6, 6.07) is 1.05. The third-order valence-electron chi connectivity index (χ3n) is 3.59.